The summed E-state index contributed by atoms with van der Waals surface area (Å²) in [4.78, 5) is 0. The molecule has 0 fully saturated rings. The van der Waals surface area contributed by atoms with Crippen LogP contribution in [-0.4, -0.2) is 22.5 Å². The van der Waals surface area contributed by atoms with Gasteiger partial charge in [-0.05, 0) is 23.1 Å². The van der Waals surface area contributed by atoms with E-state index in [4.69, 9.17) is 10.5 Å². The third-order valence-electron chi connectivity index (χ3n) is 2.88. The van der Waals surface area contributed by atoms with Crippen molar-refractivity contribution in [1.29, 1.82) is 0 Å². The molecule has 1 aromatic carbocycles. The standard InChI is InChI=1S/C13H18N4O/c1-13(2,3)8-5-9(11-7-15-17-16-11)12(18-4)10(14)6-8/h5-7H,14H2,1-4H3,(H,15,16,17). The molecular weight excluding hydrogens is 228 g/mol. The summed E-state index contributed by atoms with van der Waals surface area (Å²) < 4.78 is 5.36. The van der Waals surface area contributed by atoms with Crippen LogP contribution >= 0.6 is 0 Å². The molecule has 5 nitrogen and oxygen atoms in total. The fourth-order valence-electron chi connectivity index (χ4n) is 1.83. The molecular formula is C13H18N4O. The molecule has 0 atom stereocenters. The molecule has 0 spiro atoms. The highest BCUT2D eigenvalue weighted by Gasteiger charge is 2.20. The second kappa shape index (κ2) is 4.33. The zero-order valence-electron chi connectivity index (χ0n) is 11.1. The minimum atomic E-state index is 0.0128. The molecule has 18 heavy (non-hydrogen) atoms. The summed E-state index contributed by atoms with van der Waals surface area (Å²) in [6.07, 6.45) is 1.66. The fraction of sp³-hybridized carbons (Fsp3) is 0.385. The average molecular weight is 246 g/mol. The highest BCUT2D eigenvalue weighted by molar-refractivity contribution is 5.76. The molecule has 0 saturated carbocycles. The van der Waals surface area contributed by atoms with Crippen LogP contribution in [0.3, 0.4) is 0 Å². The third-order valence-corrected chi connectivity index (χ3v) is 2.88. The summed E-state index contributed by atoms with van der Waals surface area (Å²) >= 11 is 0. The van der Waals surface area contributed by atoms with Crippen LogP contribution in [0.5, 0.6) is 5.75 Å². The number of hydrogen-bond donors (Lipinski definition) is 2. The van der Waals surface area contributed by atoms with E-state index in [1.807, 2.05) is 12.1 Å². The number of anilines is 1. The molecule has 1 aromatic heterocycles. The van der Waals surface area contributed by atoms with E-state index in [0.29, 0.717) is 11.4 Å². The molecule has 0 aliphatic carbocycles. The van der Waals surface area contributed by atoms with Crippen molar-refractivity contribution in [3.63, 3.8) is 0 Å². The Morgan fingerprint density at radius 1 is 1.28 bits per heavy atom. The van der Waals surface area contributed by atoms with Crippen LogP contribution in [0.1, 0.15) is 26.3 Å². The molecule has 0 radical (unpaired) electrons. The predicted molar refractivity (Wildman–Crippen MR) is 71.5 cm³/mol. The number of methoxy groups -OCH3 is 1. The molecule has 0 aliphatic rings. The highest BCUT2D eigenvalue weighted by Crippen LogP contribution is 2.38. The van der Waals surface area contributed by atoms with E-state index in [-0.39, 0.29) is 5.41 Å². The Bertz CT molecular complexity index is 541. The third kappa shape index (κ3) is 2.16. The molecule has 2 aromatic rings. The van der Waals surface area contributed by atoms with Gasteiger partial charge in [-0.2, -0.15) is 15.4 Å². The average Bonchev–Trinajstić information content (AvgIpc) is 2.79. The van der Waals surface area contributed by atoms with Crippen LogP contribution in [0.15, 0.2) is 18.3 Å². The van der Waals surface area contributed by atoms with E-state index in [1.165, 1.54) is 0 Å². The summed E-state index contributed by atoms with van der Waals surface area (Å²) in [6, 6.07) is 4.00. The Hall–Kier alpha value is -2.04. The van der Waals surface area contributed by atoms with E-state index in [0.717, 1.165) is 16.8 Å². The van der Waals surface area contributed by atoms with E-state index in [1.54, 1.807) is 13.3 Å². The lowest BCUT2D eigenvalue weighted by Crippen LogP contribution is -2.12. The number of H-pyrrole nitrogens is 1. The SMILES string of the molecule is COc1c(N)cc(C(C)(C)C)cc1-c1cn[nH]n1. The molecule has 2 rings (SSSR count). The molecule has 96 valence electrons. The first-order valence-electron chi connectivity index (χ1n) is 5.77. The van der Waals surface area contributed by atoms with Gasteiger partial charge >= 0.3 is 0 Å². The van der Waals surface area contributed by atoms with E-state index in [9.17, 15) is 0 Å². The maximum atomic E-state index is 6.05. The summed E-state index contributed by atoms with van der Waals surface area (Å²) in [7, 11) is 1.60. The lowest BCUT2D eigenvalue weighted by atomic mass is 9.85. The Morgan fingerprint density at radius 2 is 2.00 bits per heavy atom. The number of aromatic nitrogens is 3. The largest absolute Gasteiger partial charge is 0.494 e. The number of hydrogen-bond acceptors (Lipinski definition) is 4. The summed E-state index contributed by atoms with van der Waals surface area (Å²) in [6.45, 7) is 6.42. The molecule has 0 saturated heterocycles. The quantitative estimate of drug-likeness (QED) is 0.797. The van der Waals surface area contributed by atoms with Crippen molar-refractivity contribution >= 4 is 5.69 Å². The first-order chi connectivity index (χ1) is 8.43. The monoisotopic (exact) mass is 246 g/mol. The molecule has 5 heteroatoms. The van der Waals surface area contributed by atoms with Gasteiger partial charge in [0.1, 0.15) is 5.69 Å². The van der Waals surface area contributed by atoms with Crippen molar-refractivity contribution in [3.8, 4) is 17.0 Å². The Kier molecular flexibility index (Phi) is 2.98. The smallest absolute Gasteiger partial charge is 0.151 e. The minimum absolute atomic E-state index is 0.0128. The number of nitrogens with zero attached hydrogens (tertiary/aromatic N) is 2. The normalized spacial score (nSPS) is 11.6. The number of benzene rings is 1. The lowest BCUT2D eigenvalue weighted by molar-refractivity contribution is 0.418. The second-order valence-corrected chi connectivity index (χ2v) is 5.25. The van der Waals surface area contributed by atoms with Gasteiger partial charge in [0.05, 0.1) is 19.0 Å². The lowest BCUT2D eigenvalue weighted by Gasteiger charge is -2.22. The van der Waals surface area contributed by atoms with Gasteiger partial charge in [0.15, 0.2) is 5.75 Å². The van der Waals surface area contributed by atoms with E-state index < -0.39 is 0 Å². The van der Waals surface area contributed by atoms with Crippen molar-refractivity contribution < 1.29 is 4.74 Å². The number of rotatable bonds is 2. The van der Waals surface area contributed by atoms with Crippen LogP contribution in [0.25, 0.3) is 11.3 Å². The van der Waals surface area contributed by atoms with Crippen molar-refractivity contribution in [2.24, 2.45) is 0 Å². The van der Waals surface area contributed by atoms with E-state index >= 15 is 0 Å². The van der Waals surface area contributed by atoms with Gasteiger partial charge in [-0.1, -0.05) is 20.8 Å². The summed E-state index contributed by atoms with van der Waals surface area (Å²) in [5, 5.41) is 10.5. The zero-order chi connectivity index (χ0) is 13.3. The van der Waals surface area contributed by atoms with E-state index in [2.05, 4.69) is 36.2 Å². The highest BCUT2D eigenvalue weighted by atomic mass is 16.5. The molecule has 0 unspecified atom stereocenters. The van der Waals surface area contributed by atoms with Crippen molar-refractivity contribution in [2.45, 2.75) is 26.2 Å². The first kappa shape index (κ1) is 12.4. The van der Waals surface area contributed by atoms with Gasteiger partial charge in [-0.25, -0.2) is 0 Å². The van der Waals surface area contributed by atoms with Crippen molar-refractivity contribution in [2.75, 3.05) is 12.8 Å². The topological polar surface area (TPSA) is 76.8 Å². The van der Waals surface area contributed by atoms with Crippen molar-refractivity contribution in [3.05, 3.63) is 23.9 Å². The van der Waals surface area contributed by atoms with Crippen molar-refractivity contribution in [1.82, 2.24) is 15.4 Å². The maximum absolute atomic E-state index is 6.05. The van der Waals surface area contributed by atoms with Crippen LogP contribution in [0, 0.1) is 0 Å². The molecule has 0 amide bonds. The molecule has 1 heterocycles. The summed E-state index contributed by atoms with van der Waals surface area (Å²) in [5.74, 6) is 0.636. The number of nitrogens with one attached hydrogen (secondary N) is 1. The van der Waals surface area contributed by atoms with Gasteiger partial charge in [0, 0.05) is 5.56 Å². The first-order valence-corrected chi connectivity index (χ1v) is 5.77. The Labute approximate surface area is 106 Å². The van der Waals surface area contributed by atoms with Crippen LogP contribution in [0.2, 0.25) is 0 Å². The Balaban J connectivity index is 2.66. The molecule has 0 aliphatic heterocycles. The zero-order valence-corrected chi connectivity index (χ0v) is 11.1. The minimum Gasteiger partial charge on any atom is -0.494 e. The number of nitrogens with two attached hydrogens (primary N) is 1. The van der Waals surface area contributed by atoms with Gasteiger partial charge in [0.2, 0.25) is 0 Å². The second-order valence-electron chi connectivity index (χ2n) is 5.25. The Morgan fingerprint density at radius 3 is 2.50 bits per heavy atom. The fourth-order valence-corrected chi connectivity index (χ4v) is 1.83. The number of aromatic amines is 1. The van der Waals surface area contributed by atoms with Gasteiger partial charge in [0.25, 0.3) is 0 Å². The maximum Gasteiger partial charge on any atom is 0.151 e. The van der Waals surface area contributed by atoms with Gasteiger partial charge < -0.3 is 10.5 Å². The number of ether oxygens (including phenoxy) is 1. The molecule has 0 bridgehead atoms. The van der Waals surface area contributed by atoms with Crippen LogP contribution in [0.4, 0.5) is 5.69 Å². The van der Waals surface area contributed by atoms with Gasteiger partial charge in [-0.15, -0.1) is 0 Å². The van der Waals surface area contributed by atoms with Crippen LogP contribution in [-0.2, 0) is 5.41 Å². The predicted octanol–water partition coefficient (Wildman–Crippen LogP) is 2.36. The molecule has 3 N–H and O–H groups in total. The number of nitrogen functional groups attached to an aromatic ring is 1. The summed E-state index contributed by atoms with van der Waals surface area (Å²) in [5.41, 5.74) is 9.40. The van der Waals surface area contributed by atoms with Gasteiger partial charge in [-0.3, -0.25) is 0 Å². The van der Waals surface area contributed by atoms with Crippen LogP contribution < -0.4 is 10.5 Å².